The molecule has 0 radical (unpaired) electrons. The van der Waals surface area contributed by atoms with Crippen LogP contribution in [0.25, 0.3) is 10.9 Å². The summed E-state index contributed by atoms with van der Waals surface area (Å²) in [6.45, 7) is 0. The molecule has 0 atom stereocenters. The molecule has 5 heteroatoms. The van der Waals surface area contributed by atoms with Crippen molar-refractivity contribution in [2.24, 2.45) is 0 Å². The lowest BCUT2D eigenvalue weighted by atomic mass is 10.1. The van der Waals surface area contributed by atoms with Crippen LogP contribution < -0.4 is 0 Å². The smallest absolute Gasteiger partial charge is 0.305 e. The Balaban J connectivity index is 2.32. The Hall–Kier alpha value is -1.36. The predicted molar refractivity (Wildman–Crippen MR) is 66.3 cm³/mol. The van der Waals surface area contributed by atoms with Crippen molar-refractivity contribution in [3.8, 4) is 0 Å². The topological polar surface area (TPSA) is 42.1 Å². The highest BCUT2D eigenvalue weighted by Crippen LogP contribution is 2.26. The van der Waals surface area contributed by atoms with E-state index in [4.69, 9.17) is 0 Å². The van der Waals surface area contributed by atoms with Crippen LogP contribution in [-0.2, 0) is 16.0 Å². The third-order valence-electron chi connectivity index (χ3n) is 2.62. The second kappa shape index (κ2) is 4.87. The molecule has 2 rings (SSSR count). The minimum atomic E-state index is -0.307. The van der Waals surface area contributed by atoms with E-state index in [9.17, 15) is 9.18 Å². The van der Waals surface area contributed by atoms with E-state index in [1.165, 1.54) is 13.2 Å². The first-order valence-corrected chi connectivity index (χ1v) is 5.93. The lowest BCUT2D eigenvalue weighted by molar-refractivity contribution is -0.140. The number of rotatable bonds is 3. The summed E-state index contributed by atoms with van der Waals surface area (Å²) >= 11 is 3.25. The minimum absolute atomic E-state index is 0.269. The van der Waals surface area contributed by atoms with Crippen molar-refractivity contribution in [1.82, 2.24) is 4.98 Å². The molecule has 2 aromatic rings. The van der Waals surface area contributed by atoms with Crippen LogP contribution in [0.3, 0.4) is 0 Å². The van der Waals surface area contributed by atoms with E-state index in [2.05, 4.69) is 25.7 Å². The number of esters is 1. The Kier molecular flexibility index (Phi) is 3.47. The highest BCUT2D eigenvalue weighted by Gasteiger charge is 2.10. The Labute approximate surface area is 106 Å². The summed E-state index contributed by atoms with van der Waals surface area (Å²) in [5, 5.41) is 0.792. The van der Waals surface area contributed by atoms with E-state index in [0.29, 0.717) is 16.4 Å². The fourth-order valence-electron chi connectivity index (χ4n) is 1.76. The van der Waals surface area contributed by atoms with Crippen LogP contribution in [0.5, 0.6) is 0 Å². The number of carbonyl (C=O) groups excluding carboxylic acids is 1. The number of carbonyl (C=O) groups is 1. The summed E-state index contributed by atoms with van der Waals surface area (Å²) < 4.78 is 18.8. The SMILES string of the molecule is COC(=O)CCc1c[nH]c2c(F)cc(Br)cc12. The number of hydrogen-bond donors (Lipinski definition) is 1. The number of methoxy groups -OCH3 is 1. The Morgan fingerprint density at radius 3 is 3.00 bits per heavy atom. The van der Waals surface area contributed by atoms with Crippen LogP contribution in [0.1, 0.15) is 12.0 Å². The molecule has 1 heterocycles. The van der Waals surface area contributed by atoms with Gasteiger partial charge < -0.3 is 9.72 Å². The fraction of sp³-hybridized carbons (Fsp3) is 0.250. The summed E-state index contributed by atoms with van der Waals surface area (Å²) in [4.78, 5) is 13.9. The van der Waals surface area contributed by atoms with Gasteiger partial charge in [0.05, 0.1) is 12.6 Å². The molecule has 0 aliphatic carbocycles. The molecule has 0 amide bonds. The second-order valence-corrected chi connectivity index (χ2v) is 4.62. The van der Waals surface area contributed by atoms with Crippen molar-refractivity contribution < 1.29 is 13.9 Å². The van der Waals surface area contributed by atoms with E-state index in [1.54, 1.807) is 6.20 Å². The monoisotopic (exact) mass is 299 g/mol. The van der Waals surface area contributed by atoms with Gasteiger partial charge in [-0.15, -0.1) is 0 Å². The summed E-state index contributed by atoms with van der Waals surface area (Å²) in [5.41, 5.74) is 1.37. The maximum Gasteiger partial charge on any atom is 0.305 e. The molecule has 90 valence electrons. The Bertz CT molecular complexity index is 565. The molecule has 1 aromatic carbocycles. The van der Waals surface area contributed by atoms with E-state index < -0.39 is 0 Å². The number of aromatic amines is 1. The van der Waals surface area contributed by atoms with Gasteiger partial charge in [-0.1, -0.05) is 15.9 Å². The number of fused-ring (bicyclic) bond motifs is 1. The number of halogens is 2. The molecule has 0 unspecified atom stereocenters. The van der Waals surface area contributed by atoms with Gasteiger partial charge in [0.15, 0.2) is 0 Å². The quantitative estimate of drug-likeness (QED) is 0.885. The molecule has 0 spiro atoms. The highest BCUT2D eigenvalue weighted by molar-refractivity contribution is 9.10. The van der Waals surface area contributed by atoms with E-state index >= 15 is 0 Å². The number of hydrogen-bond acceptors (Lipinski definition) is 2. The first-order valence-electron chi connectivity index (χ1n) is 5.13. The summed E-state index contributed by atoms with van der Waals surface area (Å²) in [7, 11) is 1.35. The molecule has 0 bridgehead atoms. The predicted octanol–water partition coefficient (Wildman–Crippen LogP) is 3.18. The molecular formula is C12H11BrFNO2. The van der Waals surface area contributed by atoms with Crippen LogP contribution in [0.4, 0.5) is 4.39 Å². The van der Waals surface area contributed by atoms with Gasteiger partial charge in [-0.2, -0.15) is 0 Å². The van der Waals surface area contributed by atoms with Crippen molar-refractivity contribution >= 4 is 32.8 Å². The van der Waals surface area contributed by atoms with E-state index in [1.807, 2.05) is 6.07 Å². The average molecular weight is 300 g/mol. The molecule has 17 heavy (non-hydrogen) atoms. The molecule has 0 aliphatic rings. The summed E-state index contributed by atoms with van der Waals surface area (Å²) in [6, 6.07) is 3.24. The van der Waals surface area contributed by atoms with Crippen molar-refractivity contribution in [3.63, 3.8) is 0 Å². The fourth-order valence-corrected chi connectivity index (χ4v) is 2.19. The molecule has 1 N–H and O–H groups in total. The Morgan fingerprint density at radius 2 is 2.29 bits per heavy atom. The lowest BCUT2D eigenvalue weighted by Gasteiger charge is -2.00. The highest BCUT2D eigenvalue weighted by atomic mass is 79.9. The third kappa shape index (κ3) is 2.49. The number of H-pyrrole nitrogens is 1. The lowest BCUT2D eigenvalue weighted by Crippen LogP contribution is -2.01. The largest absolute Gasteiger partial charge is 0.469 e. The summed E-state index contributed by atoms with van der Waals surface area (Å²) in [5.74, 6) is -0.575. The molecule has 0 saturated carbocycles. The van der Waals surface area contributed by atoms with Crippen LogP contribution >= 0.6 is 15.9 Å². The second-order valence-electron chi connectivity index (χ2n) is 3.70. The zero-order chi connectivity index (χ0) is 12.4. The zero-order valence-corrected chi connectivity index (χ0v) is 10.8. The van der Waals surface area contributed by atoms with Gasteiger partial charge in [-0.05, 0) is 24.1 Å². The van der Waals surface area contributed by atoms with E-state index in [-0.39, 0.29) is 18.2 Å². The van der Waals surface area contributed by atoms with Gasteiger partial charge >= 0.3 is 5.97 Å². The van der Waals surface area contributed by atoms with Gasteiger partial charge in [0, 0.05) is 22.5 Å². The molecule has 0 fully saturated rings. The number of ether oxygens (including phenoxy) is 1. The van der Waals surface area contributed by atoms with E-state index in [0.717, 1.165) is 10.9 Å². The minimum Gasteiger partial charge on any atom is -0.469 e. The first kappa shape index (κ1) is 12.1. The van der Waals surface area contributed by atoms with Gasteiger partial charge in [0.25, 0.3) is 0 Å². The van der Waals surface area contributed by atoms with Crippen LogP contribution in [0, 0.1) is 5.82 Å². The number of aromatic nitrogens is 1. The van der Waals surface area contributed by atoms with Crippen LogP contribution in [0.2, 0.25) is 0 Å². The van der Waals surface area contributed by atoms with Gasteiger partial charge in [0.2, 0.25) is 0 Å². The third-order valence-corrected chi connectivity index (χ3v) is 3.08. The van der Waals surface area contributed by atoms with Gasteiger partial charge in [0.1, 0.15) is 5.82 Å². The zero-order valence-electron chi connectivity index (χ0n) is 9.22. The standard InChI is InChI=1S/C12H11BrFNO2/c1-17-11(16)3-2-7-6-15-12-9(7)4-8(13)5-10(12)14/h4-6,15H,2-3H2,1H3. The number of benzene rings is 1. The number of aryl methyl sites for hydroxylation is 1. The van der Waals surface area contributed by atoms with Crippen molar-refractivity contribution in [3.05, 3.63) is 34.2 Å². The molecule has 0 aliphatic heterocycles. The van der Waals surface area contributed by atoms with Crippen LogP contribution in [0.15, 0.2) is 22.8 Å². The van der Waals surface area contributed by atoms with Gasteiger partial charge in [-0.25, -0.2) is 4.39 Å². The first-order chi connectivity index (χ1) is 8.11. The van der Waals surface area contributed by atoms with Crippen molar-refractivity contribution in [2.45, 2.75) is 12.8 Å². The van der Waals surface area contributed by atoms with Crippen molar-refractivity contribution in [2.75, 3.05) is 7.11 Å². The Morgan fingerprint density at radius 1 is 1.53 bits per heavy atom. The van der Waals surface area contributed by atoms with Gasteiger partial charge in [-0.3, -0.25) is 4.79 Å². The molecule has 0 saturated heterocycles. The maximum absolute atomic E-state index is 13.6. The molecule has 3 nitrogen and oxygen atoms in total. The summed E-state index contributed by atoms with van der Waals surface area (Å²) in [6.07, 6.45) is 2.54. The average Bonchev–Trinajstić information content (AvgIpc) is 2.69. The normalized spacial score (nSPS) is 10.8. The van der Waals surface area contributed by atoms with Crippen molar-refractivity contribution in [1.29, 1.82) is 0 Å². The number of nitrogens with one attached hydrogen (secondary N) is 1. The molecular weight excluding hydrogens is 289 g/mol. The molecule has 1 aromatic heterocycles. The van der Waals surface area contributed by atoms with Crippen LogP contribution in [-0.4, -0.2) is 18.1 Å². The maximum atomic E-state index is 13.6.